The maximum atomic E-state index is 12.9. The SMILES string of the molecule is CCOc1ccc(NC(=O)CN2C(=O)NC(c3ccc(SC)cc3)C3=C2COC3=O)cc1. The lowest BCUT2D eigenvalue weighted by Gasteiger charge is -2.32. The highest BCUT2D eigenvalue weighted by atomic mass is 32.2. The van der Waals surface area contributed by atoms with Crippen LogP contribution < -0.4 is 15.4 Å². The molecule has 2 aliphatic rings. The van der Waals surface area contributed by atoms with Gasteiger partial charge in [0, 0.05) is 10.6 Å². The van der Waals surface area contributed by atoms with Crippen LogP contribution in [0.5, 0.6) is 5.75 Å². The fourth-order valence-electron chi connectivity index (χ4n) is 3.67. The first-order chi connectivity index (χ1) is 15.5. The molecule has 0 spiro atoms. The van der Waals surface area contributed by atoms with E-state index < -0.39 is 23.9 Å². The number of carbonyl (C=O) groups is 3. The molecule has 0 aromatic heterocycles. The smallest absolute Gasteiger partial charge is 0.338 e. The molecule has 0 saturated carbocycles. The topological polar surface area (TPSA) is 97.0 Å². The largest absolute Gasteiger partial charge is 0.494 e. The van der Waals surface area contributed by atoms with Crippen molar-refractivity contribution in [3.63, 3.8) is 0 Å². The monoisotopic (exact) mass is 453 g/mol. The molecule has 3 amide bonds. The Hall–Kier alpha value is -3.46. The van der Waals surface area contributed by atoms with Gasteiger partial charge in [-0.2, -0.15) is 0 Å². The van der Waals surface area contributed by atoms with Crippen LogP contribution in [0.15, 0.2) is 64.7 Å². The van der Waals surface area contributed by atoms with Gasteiger partial charge in [-0.25, -0.2) is 9.59 Å². The summed E-state index contributed by atoms with van der Waals surface area (Å²) in [5.41, 5.74) is 2.13. The maximum absolute atomic E-state index is 12.9. The van der Waals surface area contributed by atoms with Crippen molar-refractivity contribution in [3.8, 4) is 5.75 Å². The van der Waals surface area contributed by atoms with E-state index in [1.54, 1.807) is 36.0 Å². The summed E-state index contributed by atoms with van der Waals surface area (Å²) in [6.07, 6.45) is 1.97. The summed E-state index contributed by atoms with van der Waals surface area (Å²) in [4.78, 5) is 40.3. The first kappa shape index (κ1) is 21.8. The predicted molar refractivity (Wildman–Crippen MR) is 120 cm³/mol. The number of carbonyl (C=O) groups excluding carboxylic acids is 3. The van der Waals surface area contributed by atoms with Gasteiger partial charge in [0.05, 0.1) is 23.9 Å². The minimum Gasteiger partial charge on any atom is -0.494 e. The number of anilines is 1. The zero-order valence-corrected chi connectivity index (χ0v) is 18.5. The summed E-state index contributed by atoms with van der Waals surface area (Å²) in [7, 11) is 0. The molecule has 2 heterocycles. The summed E-state index contributed by atoms with van der Waals surface area (Å²) in [6, 6.07) is 13.5. The quantitative estimate of drug-likeness (QED) is 0.493. The Balaban J connectivity index is 1.52. The third-order valence-corrected chi connectivity index (χ3v) is 5.94. The molecule has 0 radical (unpaired) electrons. The molecular formula is C23H23N3O5S. The standard InChI is InChI=1S/C23H23N3O5S/c1-3-30-16-8-6-15(7-9-16)24-19(27)12-26-18-13-31-22(28)20(18)21(25-23(26)29)14-4-10-17(32-2)11-5-14/h4-11,21H,3,12-13H2,1-2H3,(H,24,27)(H,25,29). The number of amides is 3. The molecule has 4 rings (SSSR count). The van der Waals surface area contributed by atoms with Crippen molar-refractivity contribution in [3.05, 3.63) is 65.4 Å². The average molecular weight is 454 g/mol. The van der Waals surface area contributed by atoms with Crippen LogP contribution >= 0.6 is 11.8 Å². The molecule has 0 bridgehead atoms. The third kappa shape index (κ3) is 4.43. The molecule has 2 aliphatic heterocycles. The highest BCUT2D eigenvalue weighted by Gasteiger charge is 2.42. The molecular weight excluding hydrogens is 430 g/mol. The Morgan fingerprint density at radius 2 is 1.91 bits per heavy atom. The van der Waals surface area contributed by atoms with Crippen LogP contribution in [0.1, 0.15) is 18.5 Å². The van der Waals surface area contributed by atoms with Crippen LogP contribution in [0, 0.1) is 0 Å². The molecule has 1 atom stereocenters. The number of benzene rings is 2. The lowest BCUT2D eigenvalue weighted by atomic mass is 9.96. The van der Waals surface area contributed by atoms with E-state index in [2.05, 4.69) is 10.6 Å². The van der Waals surface area contributed by atoms with Crippen molar-refractivity contribution >= 4 is 35.4 Å². The number of esters is 1. The fraction of sp³-hybridized carbons (Fsp3) is 0.261. The normalized spacial score (nSPS) is 17.6. The Kier molecular flexibility index (Phi) is 6.36. The zero-order valence-electron chi connectivity index (χ0n) is 17.7. The number of urea groups is 1. The lowest BCUT2D eigenvalue weighted by molar-refractivity contribution is -0.136. The molecule has 0 saturated heterocycles. The van der Waals surface area contributed by atoms with E-state index in [9.17, 15) is 14.4 Å². The Bertz CT molecular complexity index is 1070. The first-order valence-corrected chi connectivity index (χ1v) is 11.4. The molecule has 2 N–H and O–H groups in total. The number of thioether (sulfide) groups is 1. The maximum Gasteiger partial charge on any atom is 0.338 e. The Morgan fingerprint density at radius 3 is 2.56 bits per heavy atom. The van der Waals surface area contributed by atoms with E-state index in [4.69, 9.17) is 9.47 Å². The van der Waals surface area contributed by atoms with Gasteiger partial charge in [0.1, 0.15) is 18.9 Å². The molecule has 8 nitrogen and oxygen atoms in total. The summed E-state index contributed by atoms with van der Waals surface area (Å²) in [6.45, 7) is 2.16. The molecule has 166 valence electrons. The highest BCUT2D eigenvalue weighted by Crippen LogP contribution is 2.35. The van der Waals surface area contributed by atoms with Crippen molar-refractivity contribution in [2.75, 3.05) is 31.3 Å². The van der Waals surface area contributed by atoms with E-state index in [0.717, 1.165) is 10.5 Å². The number of ether oxygens (including phenoxy) is 2. The minimum absolute atomic E-state index is 0.0443. The summed E-state index contributed by atoms with van der Waals surface area (Å²) >= 11 is 1.60. The van der Waals surface area contributed by atoms with Gasteiger partial charge in [0.25, 0.3) is 0 Å². The number of rotatable bonds is 7. The molecule has 1 unspecified atom stereocenters. The van der Waals surface area contributed by atoms with Crippen LogP contribution in [-0.4, -0.2) is 48.8 Å². The van der Waals surface area contributed by atoms with Crippen molar-refractivity contribution in [1.29, 1.82) is 0 Å². The second-order valence-electron chi connectivity index (χ2n) is 7.18. The van der Waals surface area contributed by atoms with Crippen LogP contribution in [0.25, 0.3) is 0 Å². The summed E-state index contributed by atoms with van der Waals surface area (Å²) in [5.74, 6) is -0.178. The molecule has 0 fully saturated rings. The van der Waals surface area contributed by atoms with Gasteiger partial charge in [0.15, 0.2) is 0 Å². The van der Waals surface area contributed by atoms with Crippen molar-refractivity contribution in [2.45, 2.75) is 17.9 Å². The highest BCUT2D eigenvalue weighted by molar-refractivity contribution is 7.98. The van der Waals surface area contributed by atoms with Crippen LogP contribution in [-0.2, 0) is 14.3 Å². The molecule has 32 heavy (non-hydrogen) atoms. The molecule has 9 heteroatoms. The molecule has 0 aliphatic carbocycles. The number of cyclic esters (lactones) is 1. The van der Waals surface area contributed by atoms with E-state index in [1.165, 1.54) is 4.90 Å². The summed E-state index contributed by atoms with van der Waals surface area (Å²) < 4.78 is 10.6. The Labute approximate surface area is 189 Å². The zero-order chi connectivity index (χ0) is 22.7. The number of hydrogen-bond donors (Lipinski definition) is 2. The molecule has 2 aromatic rings. The van der Waals surface area contributed by atoms with Gasteiger partial charge in [-0.05, 0) is 55.1 Å². The summed E-state index contributed by atoms with van der Waals surface area (Å²) in [5, 5.41) is 5.60. The van der Waals surface area contributed by atoms with E-state index in [1.807, 2.05) is 37.4 Å². The van der Waals surface area contributed by atoms with Crippen molar-refractivity contribution in [1.82, 2.24) is 10.2 Å². The fourth-order valence-corrected chi connectivity index (χ4v) is 4.08. The van der Waals surface area contributed by atoms with E-state index >= 15 is 0 Å². The Morgan fingerprint density at radius 1 is 1.19 bits per heavy atom. The van der Waals surface area contributed by atoms with Gasteiger partial charge in [-0.15, -0.1) is 11.8 Å². The third-order valence-electron chi connectivity index (χ3n) is 5.20. The van der Waals surface area contributed by atoms with Crippen LogP contribution in [0.4, 0.5) is 10.5 Å². The first-order valence-electron chi connectivity index (χ1n) is 10.1. The van der Waals surface area contributed by atoms with Crippen molar-refractivity contribution < 1.29 is 23.9 Å². The van der Waals surface area contributed by atoms with Gasteiger partial charge in [-0.3, -0.25) is 9.69 Å². The van der Waals surface area contributed by atoms with E-state index in [0.29, 0.717) is 29.3 Å². The van der Waals surface area contributed by atoms with Gasteiger partial charge in [0.2, 0.25) is 5.91 Å². The second-order valence-corrected chi connectivity index (χ2v) is 8.06. The number of nitrogens with one attached hydrogen (secondary N) is 2. The van der Waals surface area contributed by atoms with E-state index in [-0.39, 0.29) is 13.2 Å². The lowest BCUT2D eigenvalue weighted by Crippen LogP contribution is -2.49. The van der Waals surface area contributed by atoms with Gasteiger partial charge < -0.3 is 20.1 Å². The number of nitrogens with zero attached hydrogens (tertiary/aromatic N) is 1. The van der Waals surface area contributed by atoms with Crippen molar-refractivity contribution in [2.24, 2.45) is 0 Å². The molecule has 2 aromatic carbocycles. The van der Waals surface area contributed by atoms with Gasteiger partial charge in [-0.1, -0.05) is 12.1 Å². The van der Waals surface area contributed by atoms with Crippen LogP contribution in [0.3, 0.4) is 0 Å². The number of hydrogen-bond acceptors (Lipinski definition) is 6. The van der Waals surface area contributed by atoms with Gasteiger partial charge >= 0.3 is 12.0 Å². The average Bonchev–Trinajstić information content (AvgIpc) is 3.18. The second kappa shape index (κ2) is 9.35. The predicted octanol–water partition coefficient (Wildman–Crippen LogP) is 3.32. The minimum atomic E-state index is -0.617. The van der Waals surface area contributed by atoms with Crippen LogP contribution in [0.2, 0.25) is 0 Å².